The molecule has 1 atom stereocenters. The number of carboxylic acid groups (broad SMARTS) is 1. The summed E-state index contributed by atoms with van der Waals surface area (Å²) in [6, 6.07) is 3.16. The van der Waals surface area contributed by atoms with E-state index < -0.39 is 16.9 Å². The van der Waals surface area contributed by atoms with Gasteiger partial charge in [-0.05, 0) is 18.1 Å². The van der Waals surface area contributed by atoms with Crippen LogP contribution in [0.5, 0.6) is 0 Å². The summed E-state index contributed by atoms with van der Waals surface area (Å²) in [5.74, 6) is -1.27. The van der Waals surface area contributed by atoms with Crippen LogP contribution in [0.3, 0.4) is 0 Å². The Morgan fingerprint density at radius 3 is 2.56 bits per heavy atom. The molecule has 98 valence electrons. The highest BCUT2D eigenvalue weighted by atomic mass is 35.5. The number of aliphatic carboxylic acids is 1. The van der Waals surface area contributed by atoms with E-state index in [-0.39, 0.29) is 22.3 Å². The van der Waals surface area contributed by atoms with E-state index in [9.17, 15) is 14.9 Å². The largest absolute Gasteiger partial charge is 0.480 e. The molecule has 0 aromatic heterocycles. The average molecular weight is 273 g/mol. The van der Waals surface area contributed by atoms with Crippen molar-refractivity contribution >= 4 is 28.9 Å². The Hall–Kier alpha value is -1.82. The van der Waals surface area contributed by atoms with Crippen LogP contribution in [-0.2, 0) is 4.79 Å². The van der Waals surface area contributed by atoms with E-state index in [0.29, 0.717) is 0 Å². The third-order valence-electron chi connectivity index (χ3n) is 2.40. The van der Waals surface area contributed by atoms with Gasteiger partial charge in [0.2, 0.25) is 0 Å². The van der Waals surface area contributed by atoms with Crippen molar-refractivity contribution in [2.45, 2.75) is 19.9 Å². The predicted molar refractivity (Wildman–Crippen MR) is 68.0 cm³/mol. The first-order valence-corrected chi connectivity index (χ1v) is 5.64. The number of nitro benzene ring substituents is 1. The number of hydrogen-bond acceptors (Lipinski definition) is 4. The van der Waals surface area contributed by atoms with E-state index in [1.807, 2.05) is 0 Å². The zero-order chi connectivity index (χ0) is 13.9. The van der Waals surface area contributed by atoms with Crippen molar-refractivity contribution in [3.63, 3.8) is 0 Å². The second-order valence-electron chi connectivity index (χ2n) is 4.12. The molecule has 2 N–H and O–H groups in total. The second-order valence-corrected chi connectivity index (χ2v) is 4.56. The van der Waals surface area contributed by atoms with Crippen LogP contribution >= 0.6 is 11.6 Å². The molecule has 6 nitrogen and oxygen atoms in total. The molecule has 0 heterocycles. The van der Waals surface area contributed by atoms with Gasteiger partial charge in [0.15, 0.2) is 0 Å². The normalized spacial score (nSPS) is 12.2. The first kappa shape index (κ1) is 14.2. The minimum absolute atomic E-state index is 0.144. The highest BCUT2D eigenvalue weighted by molar-refractivity contribution is 6.30. The van der Waals surface area contributed by atoms with E-state index in [1.54, 1.807) is 13.8 Å². The number of hydrogen-bond donors (Lipinski definition) is 2. The quantitative estimate of drug-likeness (QED) is 0.635. The summed E-state index contributed by atoms with van der Waals surface area (Å²) < 4.78 is 0. The van der Waals surface area contributed by atoms with Crippen molar-refractivity contribution in [2.24, 2.45) is 5.92 Å². The second kappa shape index (κ2) is 5.68. The molecule has 0 aliphatic rings. The standard InChI is InChI=1S/C11H13ClN2O4/c1-6(2)10(11(15)16)13-8-4-3-7(12)5-9(8)14(17)18/h3-6,10,13H,1-2H3,(H,15,16)/t10-/m0/s1. The monoisotopic (exact) mass is 272 g/mol. The fourth-order valence-corrected chi connectivity index (χ4v) is 1.63. The molecule has 0 unspecified atom stereocenters. The van der Waals surface area contributed by atoms with Crippen LogP contribution in [0.1, 0.15) is 13.8 Å². The number of carbonyl (C=O) groups is 1. The zero-order valence-electron chi connectivity index (χ0n) is 9.88. The third kappa shape index (κ3) is 3.33. The van der Waals surface area contributed by atoms with Crippen molar-refractivity contribution in [3.05, 3.63) is 33.3 Å². The van der Waals surface area contributed by atoms with Crippen LogP contribution in [0.25, 0.3) is 0 Å². The van der Waals surface area contributed by atoms with Crippen LogP contribution in [-0.4, -0.2) is 22.0 Å². The van der Waals surface area contributed by atoms with Gasteiger partial charge in [-0.2, -0.15) is 0 Å². The van der Waals surface area contributed by atoms with Gasteiger partial charge in [0, 0.05) is 11.1 Å². The summed E-state index contributed by atoms with van der Waals surface area (Å²) in [6.45, 7) is 3.43. The molecule has 0 spiro atoms. The molecule has 0 aliphatic heterocycles. The van der Waals surface area contributed by atoms with Gasteiger partial charge in [0.1, 0.15) is 11.7 Å². The van der Waals surface area contributed by atoms with Crippen LogP contribution in [0.2, 0.25) is 5.02 Å². The van der Waals surface area contributed by atoms with E-state index in [2.05, 4.69) is 5.32 Å². The summed E-state index contributed by atoms with van der Waals surface area (Å²) in [5, 5.41) is 22.8. The number of nitro groups is 1. The molecule has 0 bridgehead atoms. The molecule has 1 aromatic carbocycles. The number of benzene rings is 1. The maximum absolute atomic E-state index is 11.0. The molecule has 18 heavy (non-hydrogen) atoms. The van der Waals surface area contributed by atoms with Gasteiger partial charge >= 0.3 is 5.97 Å². The fourth-order valence-electron chi connectivity index (χ4n) is 1.46. The topological polar surface area (TPSA) is 92.5 Å². The van der Waals surface area contributed by atoms with Gasteiger partial charge in [-0.15, -0.1) is 0 Å². The molecule has 0 fully saturated rings. The lowest BCUT2D eigenvalue weighted by molar-refractivity contribution is -0.384. The number of nitrogens with zero attached hydrogens (tertiary/aromatic N) is 1. The van der Waals surface area contributed by atoms with Gasteiger partial charge in [-0.25, -0.2) is 4.79 Å². The third-order valence-corrected chi connectivity index (χ3v) is 2.64. The van der Waals surface area contributed by atoms with Gasteiger partial charge in [-0.3, -0.25) is 10.1 Å². The van der Waals surface area contributed by atoms with E-state index in [4.69, 9.17) is 16.7 Å². The molecule has 0 radical (unpaired) electrons. The Morgan fingerprint density at radius 2 is 2.11 bits per heavy atom. The summed E-state index contributed by atoms with van der Waals surface area (Å²) in [7, 11) is 0. The number of anilines is 1. The van der Waals surface area contributed by atoms with Crippen LogP contribution in [0.4, 0.5) is 11.4 Å². The Bertz CT molecular complexity index is 476. The van der Waals surface area contributed by atoms with Gasteiger partial charge < -0.3 is 10.4 Å². The van der Waals surface area contributed by atoms with Crippen LogP contribution < -0.4 is 5.32 Å². The van der Waals surface area contributed by atoms with Crippen LogP contribution in [0.15, 0.2) is 18.2 Å². The lowest BCUT2D eigenvalue weighted by Gasteiger charge is -2.19. The lowest BCUT2D eigenvalue weighted by atomic mass is 10.0. The molecule has 1 rings (SSSR count). The maximum Gasteiger partial charge on any atom is 0.326 e. The van der Waals surface area contributed by atoms with Gasteiger partial charge in [-0.1, -0.05) is 25.4 Å². The smallest absolute Gasteiger partial charge is 0.326 e. The first-order chi connectivity index (χ1) is 8.32. The molecule has 0 aliphatic carbocycles. The van der Waals surface area contributed by atoms with Crippen LogP contribution in [0, 0.1) is 16.0 Å². The first-order valence-electron chi connectivity index (χ1n) is 5.26. The summed E-state index contributed by atoms with van der Waals surface area (Å²) in [4.78, 5) is 21.3. The summed E-state index contributed by atoms with van der Waals surface area (Å²) in [5.41, 5.74) is -0.0973. The highest BCUT2D eigenvalue weighted by Gasteiger charge is 2.24. The maximum atomic E-state index is 11.0. The lowest BCUT2D eigenvalue weighted by Crippen LogP contribution is -2.34. The van der Waals surface area contributed by atoms with Crippen molar-refractivity contribution in [1.29, 1.82) is 0 Å². The van der Waals surface area contributed by atoms with Crippen molar-refractivity contribution < 1.29 is 14.8 Å². The minimum Gasteiger partial charge on any atom is -0.480 e. The van der Waals surface area contributed by atoms with Gasteiger partial charge in [0.05, 0.1) is 4.92 Å². The predicted octanol–water partition coefficient (Wildman–Crippen LogP) is 2.77. The molecule has 1 aromatic rings. The fraction of sp³-hybridized carbons (Fsp3) is 0.364. The molecule has 0 saturated carbocycles. The molecular weight excluding hydrogens is 260 g/mol. The Balaban J connectivity index is 3.10. The Kier molecular flexibility index (Phi) is 4.49. The van der Waals surface area contributed by atoms with E-state index >= 15 is 0 Å². The Morgan fingerprint density at radius 1 is 1.50 bits per heavy atom. The van der Waals surface area contributed by atoms with Gasteiger partial charge in [0.25, 0.3) is 5.69 Å². The Labute approximate surface area is 109 Å². The summed E-state index contributed by atoms with van der Waals surface area (Å²) >= 11 is 5.67. The number of carboxylic acids is 1. The van der Waals surface area contributed by atoms with Crippen molar-refractivity contribution in [3.8, 4) is 0 Å². The minimum atomic E-state index is -1.06. The SMILES string of the molecule is CC(C)[C@H](Nc1ccc(Cl)cc1[N+](=O)[O-])C(=O)O. The van der Waals surface area contributed by atoms with Crippen molar-refractivity contribution in [1.82, 2.24) is 0 Å². The number of nitrogens with one attached hydrogen (secondary N) is 1. The number of halogens is 1. The molecule has 7 heteroatoms. The number of rotatable bonds is 5. The average Bonchev–Trinajstić information content (AvgIpc) is 2.25. The highest BCUT2D eigenvalue weighted by Crippen LogP contribution is 2.29. The molecule has 0 saturated heterocycles. The molecule has 0 amide bonds. The van der Waals surface area contributed by atoms with Crippen molar-refractivity contribution in [2.75, 3.05) is 5.32 Å². The van der Waals surface area contributed by atoms with E-state index in [0.717, 1.165) is 0 Å². The zero-order valence-corrected chi connectivity index (χ0v) is 10.6. The molecular formula is C11H13ClN2O4. The summed E-state index contributed by atoms with van der Waals surface area (Å²) in [6.07, 6.45) is 0. The van der Waals surface area contributed by atoms with E-state index in [1.165, 1.54) is 18.2 Å².